The number of hydrogen-bond donors (Lipinski definition) is 2. The highest BCUT2D eigenvalue weighted by molar-refractivity contribution is 5.84. The lowest BCUT2D eigenvalue weighted by Crippen LogP contribution is -2.32. The molecule has 90 valence electrons. The molecular formula is C9H20N2O4. The molecular weight excluding hydrogens is 200 g/mol. The standard InChI is InChI=1S/C9H20N2O4/c1-3-8(9(10)11-12)15-7-6-14-5-4-13-2/h8,12H,3-7H2,1-2H3,(H2,10,11). The van der Waals surface area contributed by atoms with E-state index in [-0.39, 0.29) is 11.9 Å². The highest BCUT2D eigenvalue weighted by Crippen LogP contribution is 1.97. The lowest BCUT2D eigenvalue weighted by atomic mass is 10.2. The van der Waals surface area contributed by atoms with Gasteiger partial charge in [-0.15, -0.1) is 0 Å². The van der Waals surface area contributed by atoms with Crippen molar-refractivity contribution in [3.05, 3.63) is 0 Å². The van der Waals surface area contributed by atoms with Crippen molar-refractivity contribution in [2.45, 2.75) is 19.4 Å². The van der Waals surface area contributed by atoms with E-state index >= 15 is 0 Å². The molecule has 0 fully saturated rings. The molecule has 6 heteroatoms. The Kier molecular flexibility index (Phi) is 9.15. The summed E-state index contributed by atoms with van der Waals surface area (Å²) in [5, 5.41) is 11.3. The summed E-state index contributed by atoms with van der Waals surface area (Å²) < 4.78 is 15.3. The zero-order valence-electron chi connectivity index (χ0n) is 9.31. The van der Waals surface area contributed by atoms with Gasteiger partial charge in [0.25, 0.3) is 0 Å². The van der Waals surface area contributed by atoms with Gasteiger partial charge in [0.1, 0.15) is 6.10 Å². The Labute approximate surface area is 90.0 Å². The van der Waals surface area contributed by atoms with Crippen molar-refractivity contribution in [1.82, 2.24) is 0 Å². The summed E-state index contributed by atoms with van der Waals surface area (Å²) in [6.07, 6.45) is 0.314. The Morgan fingerprint density at radius 3 is 2.53 bits per heavy atom. The van der Waals surface area contributed by atoms with Crippen LogP contribution in [0.4, 0.5) is 0 Å². The van der Waals surface area contributed by atoms with Crippen LogP contribution in [0.1, 0.15) is 13.3 Å². The fraction of sp³-hybridized carbons (Fsp3) is 0.889. The van der Waals surface area contributed by atoms with E-state index in [1.165, 1.54) is 0 Å². The summed E-state index contributed by atoms with van der Waals surface area (Å²) in [7, 11) is 1.62. The zero-order chi connectivity index (χ0) is 11.5. The molecule has 0 saturated heterocycles. The van der Waals surface area contributed by atoms with Gasteiger partial charge in [-0.3, -0.25) is 0 Å². The van der Waals surface area contributed by atoms with Crippen molar-refractivity contribution in [3.63, 3.8) is 0 Å². The van der Waals surface area contributed by atoms with Crippen LogP contribution in [-0.4, -0.2) is 50.7 Å². The number of methoxy groups -OCH3 is 1. The molecule has 0 rings (SSSR count). The molecule has 15 heavy (non-hydrogen) atoms. The fourth-order valence-corrected chi connectivity index (χ4v) is 0.970. The van der Waals surface area contributed by atoms with Crippen LogP contribution in [0.5, 0.6) is 0 Å². The molecule has 0 aromatic heterocycles. The second-order valence-corrected chi connectivity index (χ2v) is 2.90. The third-order valence-electron chi connectivity index (χ3n) is 1.79. The first-order valence-corrected chi connectivity index (χ1v) is 4.91. The summed E-state index contributed by atoms with van der Waals surface area (Å²) >= 11 is 0. The van der Waals surface area contributed by atoms with Gasteiger partial charge in [0.2, 0.25) is 0 Å². The molecule has 0 aliphatic rings. The predicted octanol–water partition coefficient (Wildman–Crippen LogP) is 0.191. The molecule has 0 saturated carbocycles. The number of nitrogens with zero attached hydrogens (tertiary/aromatic N) is 1. The predicted molar refractivity (Wildman–Crippen MR) is 56.1 cm³/mol. The molecule has 0 radical (unpaired) electrons. The third-order valence-corrected chi connectivity index (χ3v) is 1.79. The van der Waals surface area contributed by atoms with Gasteiger partial charge in [-0.05, 0) is 6.42 Å². The number of rotatable bonds is 9. The number of nitrogens with two attached hydrogens (primary N) is 1. The summed E-state index contributed by atoms with van der Waals surface area (Å²) in [4.78, 5) is 0. The molecule has 0 aliphatic heterocycles. The third kappa shape index (κ3) is 7.12. The van der Waals surface area contributed by atoms with Crippen LogP contribution in [0.25, 0.3) is 0 Å². The molecule has 6 nitrogen and oxygen atoms in total. The maximum atomic E-state index is 8.44. The first-order valence-electron chi connectivity index (χ1n) is 4.91. The highest BCUT2D eigenvalue weighted by Gasteiger charge is 2.11. The van der Waals surface area contributed by atoms with Gasteiger partial charge in [-0.1, -0.05) is 12.1 Å². The van der Waals surface area contributed by atoms with Crippen molar-refractivity contribution in [3.8, 4) is 0 Å². The molecule has 1 atom stereocenters. The van der Waals surface area contributed by atoms with Gasteiger partial charge in [0, 0.05) is 7.11 Å². The fourth-order valence-electron chi connectivity index (χ4n) is 0.970. The van der Waals surface area contributed by atoms with E-state index < -0.39 is 0 Å². The second-order valence-electron chi connectivity index (χ2n) is 2.90. The average Bonchev–Trinajstić information content (AvgIpc) is 2.27. The minimum atomic E-state index is -0.346. The average molecular weight is 220 g/mol. The van der Waals surface area contributed by atoms with Gasteiger partial charge >= 0.3 is 0 Å². The smallest absolute Gasteiger partial charge is 0.168 e. The number of amidine groups is 1. The van der Waals surface area contributed by atoms with Crippen molar-refractivity contribution in [1.29, 1.82) is 0 Å². The monoisotopic (exact) mass is 220 g/mol. The maximum absolute atomic E-state index is 8.44. The Hall–Kier alpha value is -0.850. The Balaban J connectivity index is 3.47. The van der Waals surface area contributed by atoms with Crippen LogP contribution in [0.2, 0.25) is 0 Å². The normalized spacial score (nSPS) is 14.1. The van der Waals surface area contributed by atoms with E-state index in [1.807, 2.05) is 6.92 Å². The lowest BCUT2D eigenvalue weighted by Gasteiger charge is -2.14. The SMILES string of the molecule is CCC(OCCOCCOC)C(N)=NO. The van der Waals surface area contributed by atoms with Crippen LogP contribution in [0, 0.1) is 0 Å². The van der Waals surface area contributed by atoms with Crippen LogP contribution in [0.15, 0.2) is 5.16 Å². The Morgan fingerprint density at radius 1 is 1.33 bits per heavy atom. The van der Waals surface area contributed by atoms with Gasteiger partial charge < -0.3 is 25.2 Å². The summed E-state index contributed by atoms with van der Waals surface area (Å²) in [5.41, 5.74) is 5.40. The van der Waals surface area contributed by atoms with E-state index in [9.17, 15) is 0 Å². The second kappa shape index (κ2) is 9.70. The topological polar surface area (TPSA) is 86.3 Å². The van der Waals surface area contributed by atoms with E-state index in [4.69, 9.17) is 25.2 Å². The van der Waals surface area contributed by atoms with E-state index in [0.29, 0.717) is 32.8 Å². The first kappa shape index (κ1) is 14.2. The van der Waals surface area contributed by atoms with Gasteiger partial charge in [-0.25, -0.2) is 0 Å². The van der Waals surface area contributed by atoms with Crippen LogP contribution in [0.3, 0.4) is 0 Å². The van der Waals surface area contributed by atoms with Crippen molar-refractivity contribution in [2.24, 2.45) is 10.9 Å². The van der Waals surface area contributed by atoms with Crippen LogP contribution in [-0.2, 0) is 14.2 Å². The maximum Gasteiger partial charge on any atom is 0.168 e. The molecule has 0 aliphatic carbocycles. The van der Waals surface area contributed by atoms with Gasteiger partial charge in [0.05, 0.1) is 26.4 Å². The van der Waals surface area contributed by atoms with E-state index in [2.05, 4.69) is 5.16 Å². The number of ether oxygens (including phenoxy) is 3. The Bertz CT molecular complexity index is 175. The zero-order valence-corrected chi connectivity index (χ0v) is 9.31. The molecule has 0 aromatic carbocycles. The molecule has 0 spiro atoms. The van der Waals surface area contributed by atoms with Gasteiger partial charge in [0.15, 0.2) is 5.84 Å². The summed E-state index contributed by atoms with van der Waals surface area (Å²) in [6, 6.07) is 0. The van der Waals surface area contributed by atoms with Crippen LogP contribution < -0.4 is 5.73 Å². The first-order chi connectivity index (χ1) is 7.26. The molecule has 0 bridgehead atoms. The molecule has 0 aromatic rings. The number of hydrogen-bond acceptors (Lipinski definition) is 5. The minimum absolute atomic E-state index is 0.0920. The summed E-state index contributed by atoms with van der Waals surface area (Å²) in [5.74, 6) is 0.0920. The molecule has 0 amide bonds. The van der Waals surface area contributed by atoms with E-state index in [1.54, 1.807) is 7.11 Å². The van der Waals surface area contributed by atoms with Crippen molar-refractivity contribution < 1.29 is 19.4 Å². The highest BCUT2D eigenvalue weighted by atomic mass is 16.5. The minimum Gasteiger partial charge on any atom is -0.409 e. The van der Waals surface area contributed by atoms with Crippen LogP contribution >= 0.6 is 0 Å². The quantitative estimate of drug-likeness (QED) is 0.190. The Morgan fingerprint density at radius 2 is 2.00 bits per heavy atom. The molecule has 1 unspecified atom stereocenters. The van der Waals surface area contributed by atoms with Gasteiger partial charge in [-0.2, -0.15) is 0 Å². The molecule has 0 heterocycles. The van der Waals surface area contributed by atoms with E-state index in [0.717, 1.165) is 0 Å². The summed E-state index contributed by atoms with van der Waals surface area (Å²) in [6.45, 7) is 3.89. The number of oxime groups is 1. The van der Waals surface area contributed by atoms with Crippen molar-refractivity contribution in [2.75, 3.05) is 33.5 Å². The van der Waals surface area contributed by atoms with Crippen molar-refractivity contribution >= 4 is 5.84 Å². The lowest BCUT2D eigenvalue weighted by molar-refractivity contribution is 0.0111. The largest absolute Gasteiger partial charge is 0.409 e. The molecule has 3 N–H and O–H groups in total.